The van der Waals surface area contributed by atoms with Crippen molar-refractivity contribution in [3.8, 4) is 0 Å². The molecule has 112 valence electrons. The van der Waals surface area contributed by atoms with E-state index in [1.807, 2.05) is 6.92 Å². The summed E-state index contributed by atoms with van der Waals surface area (Å²) in [5, 5.41) is 5.46. The summed E-state index contributed by atoms with van der Waals surface area (Å²) in [4.78, 5) is 11.7. The zero-order chi connectivity index (χ0) is 15.4. The standard InChI is InChI=1S/C12H11BrClF2N5/c1-2-3-17-11-19-10(14)20-12(21-11)18-9-5-7(15)6(13)4-8(9)16/h4-5H,2-3H2,1H3,(H2,17,18,19,20,21). The van der Waals surface area contributed by atoms with Crippen LogP contribution in [-0.2, 0) is 0 Å². The number of aromatic nitrogens is 3. The second kappa shape index (κ2) is 6.95. The molecule has 0 atom stereocenters. The lowest BCUT2D eigenvalue weighted by atomic mass is 10.3. The van der Waals surface area contributed by atoms with Crippen molar-refractivity contribution in [2.24, 2.45) is 0 Å². The highest BCUT2D eigenvalue weighted by Crippen LogP contribution is 2.25. The van der Waals surface area contributed by atoms with Crippen LogP contribution >= 0.6 is 27.5 Å². The first kappa shape index (κ1) is 15.8. The Hall–Kier alpha value is -1.54. The lowest BCUT2D eigenvalue weighted by molar-refractivity contribution is 0.597. The van der Waals surface area contributed by atoms with E-state index in [0.29, 0.717) is 6.54 Å². The first-order chi connectivity index (χ1) is 9.99. The molecular weight excluding hydrogens is 368 g/mol. The van der Waals surface area contributed by atoms with E-state index in [4.69, 9.17) is 11.6 Å². The zero-order valence-corrected chi connectivity index (χ0v) is 13.3. The van der Waals surface area contributed by atoms with E-state index in [1.54, 1.807) is 0 Å². The summed E-state index contributed by atoms with van der Waals surface area (Å²) in [7, 11) is 0. The minimum atomic E-state index is -0.650. The van der Waals surface area contributed by atoms with Crippen LogP contribution in [0.15, 0.2) is 16.6 Å². The predicted octanol–water partition coefficient (Wildman–Crippen LogP) is 4.13. The highest BCUT2D eigenvalue weighted by atomic mass is 79.9. The quantitative estimate of drug-likeness (QED) is 0.766. The van der Waals surface area contributed by atoms with Gasteiger partial charge in [0, 0.05) is 12.6 Å². The van der Waals surface area contributed by atoms with Crippen LogP contribution in [0, 0.1) is 11.6 Å². The Labute approximate surface area is 133 Å². The van der Waals surface area contributed by atoms with Crippen LogP contribution < -0.4 is 10.6 Å². The minimum absolute atomic E-state index is 0.0224. The fourth-order valence-electron chi connectivity index (χ4n) is 1.46. The van der Waals surface area contributed by atoms with E-state index in [0.717, 1.165) is 18.6 Å². The van der Waals surface area contributed by atoms with Gasteiger partial charge in [0.25, 0.3) is 0 Å². The summed E-state index contributed by atoms with van der Waals surface area (Å²) in [6.45, 7) is 2.63. The molecule has 1 aromatic heterocycles. The van der Waals surface area contributed by atoms with E-state index < -0.39 is 11.6 Å². The molecule has 2 rings (SSSR count). The summed E-state index contributed by atoms with van der Waals surface area (Å²) in [5.41, 5.74) is -0.0978. The third-order valence-corrected chi connectivity index (χ3v) is 3.17. The Morgan fingerprint density at radius 2 is 1.86 bits per heavy atom. The maximum absolute atomic E-state index is 13.7. The normalized spacial score (nSPS) is 10.5. The van der Waals surface area contributed by atoms with Crippen molar-refractivity contribution in [1.82, 2.24) is 15.0 Å². The van der Waals surface area contributed by atoms with E-state index >= 15 is 0 Å². The van der Waals surface area contributed by atoms with Crippen LogP contribution in [0.25, 0.3) is 0 Å². The second-order valence-corrected chi connectivity index (χ2v) is 5.24. The Balaban J connectivity index is 2.27. The fraction of sp³-hybridized carbons (Fsp3) is 0.250. The van der Waals surface area contributed by atoms with Crippen LogP contribution in [0.2, 0.25) is 5.28 Å². The van der Waals surface area contributed by atoms with Gasteiger partial charge in [-0.2, -0.15) is 15.0 Å². The van der Waals surface area contributed by atoms with Crippen molar-refractivity contribution in [3.63, 3.8) is 0 Å². The third kappa shape index (κ3) is 4.21. The van der Waals surface area contributed by atoms with Crippen molar-refractivity contribution in [3.05, 3.63) is 33.5 Å². The van der Waals surface area contributed by atoms with Crippen LogP contribution in [0.5, 0.6) is 0 Å². The zero-order valence-electron chi connectivity index (χ0n) is 10.9. The number of halogens is 4. The van der Waals surface area contributed by atoms with E-state index in [-0.39, 0.29) is 27.3 Å². The number of hydrogen-bond acceptors (Lipinski definition) is 5. The molecule has 0 saturated heterocycles. The summed E-state index contributed by atoms with van der Waals surface area (Å²) >= 11 is 8.68. The highest BCUT2D eigenvalue weighted by Gasteiger charge is 2.11. The Kier molecular flexibility index (Phi) is 5.24. The molecule has 0 fully saturated rings. The molecule has 0 aliphatic heterocycles. The lowest BCUT2D eigenvalue weighted by Crippen LogP contribution is -2.08. The Bertz CT molecular complexity index is 656. The maximum Gasteiger partial charge on any atom is 0.233 e. The average molecular weight is 379 g/mol. The summed E-state index contributed by atoms with van der Waals surface area (Å²) in [5.74, 6) is -0.974. The first-order valence-electron chi connectivity index (χ1n) is 6.06. The summed E-state index contributed by atoms with van der Waals surface area (Å²) in [6, 6.07) is 2.01. The molecule has 0 aliphatic carbocycles. The molecule has 1 aromatic carbocycles. The largest absolute Gasteiger partial charge is 0.354 e. The number of benzene rings is 1. The number of nitrogens with zero attached hydrogens (tertiary/aromatic N) is 3. The molecule has 0 spiro atoms. The smallest absolute Gasteiger partial charge is 0.233 e. The lowest BCUT2D eigenvalue weighted by Gasteiger charge is -2.09. The number of nitrogens with one attached hydrogen (secondary N) is 2. The van der Waals surface area contributed by atoms with Crippen LogP contribution in [-0.4, -0.2) is 21.5 Å². The average Bonchev–Trinajstić information content (AvgIpc) is 2.42. The van der Waals surface area contributed by atoms with Gasteiger partial charge in [-0.15, -0.1) is 0 Å². The van der Waals surface area contributed by atoms with Crippen molar-refractivity contribution < 1.29 is 8.78 Å². The number of hydrogen-bond donors (Lipinski definition) is 2. The molecule has 0 bridgehead atoms. The first-order valence-corrected chi connectivity index (χ1v) is 7.23. The van der Waals surface area contributed by atoms with Gasteiger partial charge in [-0.25, -0.2) is 8.78 Å². The molecule has 21 heavy (non-hydrogen) atoms. The van der Waals surface area contributed by atoms with Gasteiger partial charge in [0.2, 0.25) is 17.2 Å². The SMILES string of the molecule is CCCNc1nc(Cl)nc(Nc2cc(F)c(Br)cc2F)n1. The van der Waals surface area contributed by atoms with Gasteiger partial charge in [0.15, 0.2) is 0 Å². The van der Waals surface area contributed by atoms with Crippen molar-refractivity contribution in [2.45, 2.75) is 13.3 Å². The monoisotopic (exact) mass is 377 g/mol. The molecular formula is C12H11BrClF2N5. The molecule has 0 radical (unpaired) electrons. The summed E-state index contributed by atoms with van der Waals surface area (Å²) in [6.07, 6.45) is 0.874. The number of anilines is 3. The molecule has 0 aliphatic rings. The Morgan fingerprint density at radius 1 is 1.14 bits per heavy atom. The molecule has 2 N–H and O–H groups in total. The van der Waals surface area contributed by atoms with Gasteiger partial charge in [0.1, 0.15) is 11.6 Å². The third-order valence-electron chi connectivity index (χ3n) is 2.40. The van der Waals surface area contributed by atoms with Crippen LogP contribution in [0.1, 0.15) is 13.3 Å². The van der Waals surface area contributed by atoms with Crippen molar-refractivity contribution in [2.75, 3.05) is 17.2 Å². The van der Waals surface area contributed by atoms with Crippen LogP contribution in [0.3, 0.4) is 0 Å². The van der Waals surface area contributed by atoms with Crippen LogP contribution in [0.4, 0.5) is 26.4 Å². The topological polar surface area (TPSA) is 62.7 Å². The van der Waals surface area contributed by atoms with Crippen molar-refractivity contribution in [1.29, 1.82) is 0 Å². The van der Waals surface area contributed by atoms with Gasteiger partial charge in [0.05, 0.1) is 10.2 Å². The van der Waals surface area contributed by atoms with E-state index in [2.05, 4.69) is 41.5 Å². The van der Waals surface area contributed by atoms with Gasteiger partial charge in [-0.1, -0.05) is 6.92 Å². The highest BCUT2D eigenvalue weighted by molar-refractivity contribution is 9.10. The summed E-state index contributed by atoms with van der Waals surface area (Å²) < 4.78 is 27.2. The van der Waals surface area contributed by atoms with E-state index in [1.165, 1.54) is 0 Å². The Morgan fingerprint density at radius 3 is 2.57 bits per heavy atom. The second-order valence-electron chi connectivity index (χ2n) is 4.05. The minimum Gasteiger partial charge on any atom is -0.354 e. The molecule has 0 amide bonds. The molecule has 0 saturated carbocycles. The van der Waals surface area contributed by atoms with Gasteiger partial charge < -0.3 is 10.6 Å². The van der Waals surface area contributed by atoms with E-state index in [9.17, 15) is 8.78 Å². The van der Waals surface area contributed by atoms with Crippen molar-refractivity contribution >= 4 is 45.1 Å². The molecule has 0 unspecified atom stereocenters. The molecule has 5 nitrogen and oxygen atoms in total. The fourth-order valence-corrected chi connectivity index (χ4v) is 1.94. The predicted molar refractivity (Wildman–Crippen MR) is 81.0 cm³/mol. The number of rotatable bonds is 5. The van der Waals surface area contributed by atoms with Gasteiger partial charge >= 0.3 is 0 Å². The van der Waals surface area contributed by atoms with Gasteiger partial charge in [-0.05, 0) is 40.0 Å². The van der Waals surface area contributed by atoms with Gasteiger partial charge in [-0.3, -0.25) is 0 Å². The molecule has 9 heteroatoms. The maximum atomic E-state index is 13.7. The molecule has 1 heterocycles. The molecule has 2 aromatic rings.